The third-order valence-corrected chi connectivity index (χ3v) is 6.96. The van der Waals surface area contributed by atoms with Gasteiger partial charge in [0.2, 0.25) is 0 Å². The molecule has 7 heteroatoms. The molecule has 2 aliphatic rings. The topological polar surface area (TPSA) is 78.5 Å². The minimum atomic E-state index is -0.886. The first-order chi connectivity index (χ1) is 16.1. The maximum absolute atomic E-state index is 13.8. The molecule has 166 valence electrons. The van der Waals surface area contributed by atoms with Crippen molar-refractivity contribution in [3.05, 3.63) is 106 Å². The summed E-state index contributed by atoms with van der Waals surface area (Å²) < 4.78 is 0. The number of benzene rings is 2. The highest BCUT2D eigenvalue weighted by Gasteiger charge is 2.47. The molecule has 1 aromatic heterocycles. The van der Waals surface area contributed by atoms with Crippen LogP contribution in [0, 0.1) is 0 Å². The van der Waals surface area contributed by atoms with Gasteiger partial charge in [0.05, 0.1) is 11.5 Å². The van der Waals surface area contributed by atoms with Gasteiger partial charge in [0.25, 0.3) is 11.8 Å². The molecule has 6 nitrogen and oxygen atoms in total. The maximum atomic E-state index is 13.8. The third kappa shape index (κ3) is 3.96. The van der Waals surface area contributed by atoms with E-state index in [1.165, 1.54) is 11.3 Å². The fourth-order valence-electron chi connectivity index (χ4n) is 4.46. The first-order valence-electron chi connectivity index (χ1n) is 10.9. The van der Waals surface area contributed by atoms with Crippen LogP contribution in [0.1, 0.15) is 37.9 Å². The van der Waals surface area contributed by atoms with Gasteiger partial charge in [0, 0.05) is 29.1 Å². The van der Waals surface area contributed by atoms with Gasteiger partial charge < -0.3 is 10.6 Å². The second-order valence-corrected chi connectivity index (χ2v) is 9.02. The van der Waals surface area contributed by atoms with Crippen LogP contribution in [0.5, 0.6) is 0 Å². The molecule has 0 aliphatic carbocycles. The molecule has 2 aromatic carbocycles. The summed E-state index contributed by atoms with van der Waals surface area (Å²) in [6.45, 7) is 1.19. The molecule has 33 heavy (non-hydrogen) atoms. The Morgan fingerprint density at radius 3 is 2.30 bits per heavy atom. The number of amides is 2. The maximum Gasteiger partial charge on any atom is 0.251 e. The number of ketones is 1. The third-order valence-electron chi connectivity index (χ3n) is 6.01. The molecule has 0 saturated carbocycles. The smallest absolute Gasteiger partial charge is 0.251 e. The van der Waals surface area contributed by atoms with Crippen molar-refractivity contribution in [2.24, 2.45) is 0 Å². The Hall–Kier alpha value is -3.71. The number of fused-ring (bicyclic) bond motifs is 1. The van der Waals surface area contributed by atoms with E-state index in [9.17, 15) is 14.4 Å². The van der Waals surface area contributed by atoms with Gasteiger partial charge in [-0.3, -0.25) is 19.3 Å². The van der Waals surface area contributed by atoms with Crippen molar-refractivity contribution in [3.63, 3.8) is 0 Å². The lowest BCUT2D eigenvalue weighted by atomic mass is 9.81. The van der Waals surface area contributed by atoms with E-state index in [2.05, 4.69) is 10.6 Å². The van der Waals surface area contributed by atoms with E-state index in [-0.39, 0.29) is 17.6 Å². The van der Waals surface area contributed by atoms with Crippen LogP contribution in [0.4, 0.5) is 0 Å². The first-order valence-corrected chi connectivity index (χ1v) is 11.8. The number of nitrogens with zero attached hydrogens (tertiary/aromatic N) is 1. The molecule has 0 spiro atoms. The quantitative estimate of drug-likeness (QED) is 0.575. The minimum absolute atomic E-state index is 0.144. The van der Waals surface area contributed by atoms with Crippen molar-refractivity contribution in [1.82, 2.24) is 15.5 Å². The fraction of sp³-hybridized carbons (Fsp3) is 0.192. The number of hydrogen-bond acceptors (Lipinski definition) is 5. The van der Waals surface area contributed by atoms with Crippen molar-refractivity contribution >= 4 is 28.9 Å². The Labute approximate surface area is 195 Å². The molecular formula is C26H23N3O3S. The van der Waals surface area contributed by atoms with Gasteiger partial charge in [-0.1, -0.05) is 54.6 Å². The number of rotatable bonds is 5. The molecular weight excluding hydrogens is 434 g/mol. The van der Waals surface area contributed by atoms with E-state index in [0.717, 1.165) is 11.3 Å². The molecule has 2 amide bonds. The van der Waals surface area contributed by atoms with Gasteiger partial charge in [-0.25, -0.2) is 0 Å². The van der Waals surface area contributed by atoms with Crippen molar-refractivity contribution < 1.29 is 14.4 Å². The fourth-order valence-corrected chi connectivity index (χ4v) is 5.34. The lowest BCUT2D eigenvalue weighted by molar-refractivity contribution is -0.133. The molecule has 1 saturated heterocycles. The van der Waals surface area contributed by atoms with Gasteiger partial charge in [0.1, 0.15) is 11.9 Å². The molecule has 0 radical (unpaired) electrons. The summed E-state index contributed by atoms with van der Waals surface area (Å²) in [6, 6.07) is 20.8. The SMILES string of the molecule is O=C(NC1C(=O)N2CCCNC2=C(C(=O)c2ccccc2)C1c1cccs1)c1ccccc1. The van der Waals surface area contributed by atoms with Crippen LogP contribution in [-0.4, -0.2) is 41.6 Å². The number of thiophene rings is 1. The van der Waals surface area contributed by atoms with Crippen LogP contribution in [0.25, 0.3) is 0 Å². The van der Waals surface area contributed by atoms with Crippen LogP contribution in [0.3, 0.4) is 0 Å². The predicted octanol–water partition coefficient (Wildman–Crippen LogP) is 3.56. The zero-order chi connectivity index (χ0) is 22.8. The van der Waals surface area contributed by atoms with E-state index in [1.54, 1.807) is 41.3 Å². The molecule has 2 aliphatic heterocycles. The summed E-state index contributed by atoms with van der Waals surface area (Å²) >= 11 is 1.48. The average Bonchev–Trinajstić information content (AvgIpc) is 3.41. The van der Waals surface area contributed by atoms with Crippen molar-refractivity contribution in [3.8, 4) is 0 Å². The molecule has 1 fully saturated rings. The summed E-state index contributed by atoms with van der Waals surface area (Å²) in [6.07, 6.45) is 0.769. The Kier molecular flexibility index (Phi) is 5.79. The van der Waals surface area contributed by atoms with E-state index in [0.29, 0.717) is 35.6 Å². The summed E-state index contributed by atoms with van der Waals surface area (Å²) in [4.78, 5) is 43.1. The zero-order valence-electron chi connectivity index (χ0n) is 17.9. The second kappa shape index (κ2) is 9.03. The van der Waals surface area contributed by atoms with Gasteiger partial charge in [-0.05, 0) is 30.0 Å². The van der Waals surface area contributed by atoms with E-state index in [1.807, 2.05) is 41.8 Å². The molecule has 0 bridgehead atoms. The number of Topliss-reactive ketones (excluding diaryl/α,β-unsaturated/α-hetero) is 1. The molecule has 2 unspecified atom stereocenters. The van der Waals surface area contributed by atoms with Crippen LogP contribution in [0.15, 0.2) is 89.6 Å². The van der Waals surface area contributed by atoms with Gasteiger partial charge in [0.15, 0.2) is 5.78 Å². The van der Waals surface area contributed by atoms with Crippen LogP contribution < -0.4 is 10.6 Å². The standard InChI is InChI=1S/C26H23N3O3S/c30-23(17-9-3-1-4-10-17)21-20(19-13-7-16-33-19)22(26(32)29-15-8-14-27-24(21)29)28-25(31)18-11-5-2-6-12-18/h1-7,9-13,16,20,22,27H,8,14-15H2,(H,28,31). The number of hydrogen-bond donors (Lipinski definition) is 2. The van der Waals surface area contributed by atoms with Crippen molar-refractivity contribution in [1.29, 1.82) is 0 Å². The van der Waals surface area contributed by atoms with Gasteiger partial charge in [-0.15, -0.1) is 11.3 Å². The van der Waals surface area contributed by atoms with Crippen LogP contribution >= 0.6 is 11.3 Å². The van der Waals surface area contributed by atoms with Crippen LogP contribution in [0.2, 0.25) is 0 Å². The van der Waals surface area contributed by atoms with Crippen molar-refractivity contribution in [2.45, 2.75) is 18.4 Å². The highest BCUT2D eigenvalue weighted by atomic mass is 32.1. The van der Waals surface area contributed by atoms with Crippen molar-refractivity contribution in [2.75, 3.05) is 13.1 Å². The lowest BCUT2D eigenvalue weighted by Gasteiger charge is -2.43. The average molecular weight is 458 g/mol. The Bertz CT molecular complexity index is 1210. The summed E-state index contributed by atoms with van der Waals surface area (Å²) in [5, 5.41) is 8.18. The number of carbonyl (C=O) groups is 3. The van der Waals surface area contributed by atoms with E-state index < -0.39 is 12.0 Å². The highest BCUT2D eigenvalue weighted by molar-refractivity contribution is 7.10. The molecule has 2 atom stereocenters. The Balaban J connectivity index is 1.63. The summed E-state index contributed by atoms with van der Waals surface area (Å²) in [7, 11) is 0. The summed E-state index contributed by atoms with van der Waals surface area (Å²) in [5.74, 6) is -0.715. The molecule has 3 heterocycles. The second-order valence-electron chi connectivity index (χ2n) is 8.04. The van der Waals surface area contributed by atoms with Crippen LogP contribution in [-0.2, 0) is 4.79 Å². The molecule has 3 aromatic rings. The van der Waals surface area contributed by atoms with E-state index in [4.69, 9.17) is 0 Å². The van der Waals surface area contributed by atoms with E-state index >= 15 is 0 Å². The lowest BCUT2D eigenvalue weighted by Crippen LogP contribution is -2.59. The predicted molar refractivity (Wildman–Crippen MR) is 127 cm³/mol. The molecule has 2 N–H and O–H groups in total. The van der Waals surface area contributed by atoms with Gasteiger partial charge >= 0.3 is 0 Å². The number of carbonyl (C=O) groups excluding carboxylic acids is 3. The Morgan fingerprint density at radius 2 is 1.64 bits per heavy atom. The van der Waals surface area contributed by atoms with Gasteiger partial charge in [-0.2, -0.15) is 0 Å². The highest BCUT2D eigenvalue weighted by Crippen LogP contribution is 2.40. The molecule has 5 rings (SSSR count). The first kappa shape index (κ1) is 21.2. The Morgan fingerprint density at radius 1 is 0.939 bits per heavy atom. The number of nitrogens with one attached hydrogen (secondary N) is 2. The largest absolute Gasteiger partial charge is 0.371 e. The summed E-state index contributed by atoms with van der Waals surface area (Å²) in [5.41, 5.74) is 1.54. The zero-order valence-corrected chi connectivity index (χ0v) is 18.7. The monoisotopic (exact) mass is 457 g/mol. The minimum Gasteiger partial charge on any atom is -0.371 e. The normalized spacial score (nSPS) is 20.1.